The molecule has 0 radical (unpaired) electrons. The van der Waals surface area contributed by atoms with Crippen molar-refractivity contribution in [2.75, 3.05) is 44.8 Å². The molecular weight excluding hydrogens is 475 g/mol. The smallest absolute Gasteiger partial charge is 0.423 e. The van der Waals surface area contributed by atoms with E-state index in [0.29, 0.717) is 0 Å². The molecule has 1 fully saturated rings. The van der Waals surface area contributed by atoms with Crippen molar-refractivity contribution >= 4 is 17.7 Å². The summed E-state index contributed by atoms with van der Waals surface area (Å²) in [6, 6.07) is -1.20. The van der Waals surface area contributed by atoms with Crippen molar-refractivity contribution in [1.82, 2.24) is 20.0 Å². The molecule has 0 aromatic carbocycles. The van der Waals surface area contributed by atoms with E-state index in [0.717, 1.165) is 6.20 Å². The Hall–Kier alpha value is -2.87. The summed E-state index contributed by atoms with van der Waals surface area (Å²) in [6.45, 7) is 7.02. The van der Waals surface area contributed by atoms with Gasteiger partial charge >= 0.3 is 12.3 Å². The maximum absolute atomic E-state index is 13.1. The molecule has 2 amide bonds. The number of carbonyl (C=O) groups is 2. The summed E-state index contributed by atoms with van der Waals surface area (Å²) in [4.78, 5) is 39.3. The van der Waals surface area contributed by atoms with E-state index in [1.165, 1.54) is 9.80 Å². The number of carbonyl (C=O) groups excluding carboxylic acids is 2. The van der Waals surface area contributed by atoms with Gasteiger partial charge in [0.05, 0.1) is 44.2 Å². The first-order valence-corrected chi connectivity index (χ1v) is 11.1. The van der Waals surface area contributed by atoms with E-state index in [2.05, 4.69) is 10.4 Å². The summed E-state index contributed by atoms with van der Waals surface area (Å²) in [5.74, 6) is -0.286. The number of aromatic nitrogens is 2. The number of nitrogens with zero attached hydrogens (tertiary/aromatic N) is 3. The van der Waals surface area contributed by atoms with Crippen molar-refractivity contribution in [3.8, 4) is 0 Å². The Morgan fingerprint density at radius 2 is 2.00 bits per heavy atom. The van der Waals surface area contributed by atoms with Gasteiger partial charge in [0, 0.05) is 25.7 Å². The Bertz CT molecular complexity index is 933. The molecule has 2 rings (SSSR count). The van der Waals surface area contributed by atoms with Crippen LogP contribution in [0, 0.1) is 0 Å². The monoisotopic (exact) mass is 507 g/mol. The first-order chi connectivity index (χ1) is 16.2. The van der Waals surface area contributed by atoms with Crippen molar-refractivity contribution in [3.05, 3.63) is 22.1 Å². The molecule has 0 bridgehead atoms. The fourth-order valence-electron chi connectivity index (χ4n) is 3.49. The van der Waals surface area contributed by atoms with Crippen molar-refractivity contribution in [1.29, 1.82) is 0 Å². The summed E-state index contributed by atoms with van der Waals surface area (Å²) >= 11 is 0. The van der Waals surface area contributed by atoms with E-state index in [9.17, 15) is 32.7 Å². The number of amides is 2. The molecule has 1 aromatic heterocycles. The number of halogens is 3. The van der Waals surface area contributed by atoms with Gasteiger partial charge in [-0.15, -0.1) is 0 Å². The SMILES string of the molecule is C[C@@H](COCCC(=O)N1CCN(C(=O)OC(C)(C)C)C[C@H]1CO)Nc1cn[nH]c(=O)c1C(F)(F)F. The molecule has 3 N–H and O–H groups in total. The molecule has 0 spiro atoms. The second kappa shape index (κ2) is 11.7. The minimum atomic E-state index is -4.86. The summed E-state index contributed by atoms with van der Waals surface area (Å²) < 4.78 is 50.1. The standard InChI is InChI=1S/C21H32F3N5O6/c1-13(26-15-9-25-27-18(32)17(15)21(22,23)24)12-34-8-5-16(31)29-7-6-28(10-14(29)11-30)19(33)35-20(2,3)4/h9,13-14,30H,5-8,10-12H2,1-4H3,(H2,26,27,32)/t13-,14-/m0/s1. The lowest BCUT2D eigenvalue weighted by Gasteiger charge is -2.41. The number of hydrogen-bond acceptors (Lipinski definition) is 8. The number of aromatic amines is 1. The highest BCUT2D eigenvalue weighted by molar-refractivity contribution is 5.77. The van der Waals surface area contributed by atoms with Gasteiger partial charge in [0.15, 0.2) is 0 Å². The Morgan fingerprint density at radius 3 is 2.60 bits per heavy atom. The normalized spacial score (nSPS) is 17.8. The number of alkyl halides is 3. The Morgan fingerprint density at radius 1 is 1.31 bits per heavy atom. The number of ether oxygens (including phenoxy) is 2. The van der Waals surface area contributed by atoms with Crippen molar-refractivity contribution in [2.24, 2.45) is 0 Å². The Labute approximate surface area is 200 Å². The number of anilines is 1. The molecule has 198 valence electrons. The number of aliphatic hydroxyl groups excluding tert-OH is 1. The van der Waals surface area contributed by atoms with Crippen LogP contribution in [0.5, 0.6) is 0 Å². The van der Waals surface area contributed by atoms with Crippen LogP contribution in [0.3, 0.4) is 0 Å². The number of H-pyrrole nitrogens is 1. The predicted molar refractivity (Wildman–Crippen MR) is 119 cm³/mol. The summed E-state index contributed by atoms with van der Waals surface area (Å²) in [7, 11) is 0. The van der Waals surface area contributed by atoms with Crippen molar-refractivity contribution < 1.29 is 37.3 Å². The van der Waals surface area contributed by atoms with Gasteiger partial charge < -0.3 is 29.7 Å². The topological polar surface area (TPSA) is 137 Å². The highest BCUT2D eigenvalue weighted by Gasteiger charge is 2.37. The molecule has 0 saturated carbocycles. The molecular formula is C21H32F3N5O6. The zero-order chi connectivity index (χ0) is 26.4. The Balaban J connectivity index is 1.82. The average molecular weight is 508 g/mol. The van der Waals surface area contributed by atoms with Crippen LogP contribution < -0.4 is 10.9 Å². The number of aliphatic hydroxyl groups is 1. The van der Waals surface area contributed by atoms with Gasteiger partial charge in [-0.05, 0) is 27.7 Å². The minimum absolute atomic E-state index is 0.00493. The maximum Gasteiger partial charge on any atom is 0.423 e. The second-order valence-electron chi connectivity index (χ2n) is 9.21. The van der Waals surface area contributed by atoms with Crippen LogP contribution in [0.15, 0.2) is 11.0 Å². The highest BCUT2D eigenvalue weighted by Crippen LogP contribution is 2.31. The first kappa shape index (κ1) is 28.4. The molecule has 1 aromatic rings. The molecule has 1 saturated heterocycles. The van der Waals surface area contributed by atoms with Crippen LogP contribution in [0.1, 0.15) is 39.7 Å². The molecule has 1 aliphatic rings. The number of piperazine rings is 1. The summed E-state index contributed by atoms with van der Waals surface area (Å²) in [5.41, 5.74) is -3.87. The summed E-state index contributed by atoms with van der Waals surface area (Å²) in [5, 5.41) is 17.4. The van der Waals surface area contributed by atoms with Crippen molar-refractivity contribution in [3.63, 3.8) is 0 Å². The molecule has 1 aliphatic heterocycles. The zero-order valence-electron chi connectivity index (χ0n) is 20.1. The molecule has 35 heavy (non-hydrogen) atoms. The third kappa shape index (κ3) is 8.38. The van der Waals surface area contributed by atoms with Crippen LogP contribution in [0.4, 0.5) is 23.7 Å². The molecule has 0 aliphatic carbocycles. The summed E-state index contributed by atoms with van der Waals surface area (Å²) in [6.07, 6.45) is -4.52. The molecule has 11 nitrogen and oxygen atoms in total. The number of hydrogen-bond donors (Lipinski definition) is 3. The largest absolute Gasteiger partial charge is 0.444 e. The molecule has 0 unspecified atom stereocenters. The van der Waals surface area contributed by atoms with Crippen LogP contribution >= 0.6 is 0 Å². The first-order valence-electron chi connectivity index (χ1n) is 11.1. The lowest BCUT2D eigenvalue weighted by Crippen LogP contribution is -2.58. The van der Waals surface area contributed by atoms with Crippen LogP contribution in [0.2, 0.25) is 0 Å². The van der Waals surface area contributed by atoms with Gasteiger partial charge in [0.1, 0.15) is 11.2 Å². The van der Waals surface area contributed by atoms with Crippen LogP contribution in [0.25, 0.3) is 0 Å². The predicted octanol–water partition coefficient (Wildman–Crippen LogP) is 1.44. The fourth-order valence-corrected chi connectivity index (χ4v) is 3.49. The van der Waals surface area contributed by atoms with E-state index < -0.39 is 46.8 Å². The lowest BCUT2D eigenvalue weighted by molar-refractivity contribution is -0.139. The van der Waals surface area contributed by atoms with E-state index in [1.807, 2.05) is 0 Å². The fraction of sp³-hybridized carbons (Fsp3) is 0.714. The lowest BCUT2D eigenvalue weighted by atomic mass is 10.1. The van der Waals surface area contributed by atoms with E-state index >= 15 is 0 Å². The van der Waals surface area contributed by atoms with E-state index in [1.54, 1.807) is 32.8 Å². The molecule has 2 atom stereocenters. The van der Waals surface area contributed by atoms with Gasteiger partial charge in [0.2, 0.25) is 5.91 Å². The van der Waals surface area contributed by atoms with Gasteiger partial charge in [-0.2, -0.15) is 18.3 Å². The van der Waals surface area contributed by atoms with Gasteiger partial charge in [-0.3, -0.25) is 9.59 Å². The second-order valence-corrected chi connectivity index (χ2v) is 9.21. The quantitative estimate of drug-likeness (QED) is 0.450. The third-order valence-electron chi connectivity index (χ3n) is 5.04. The van der Waals surface area contributed by atoms with Gasteiger partial charge in [-0.25, -0.2) is 9.89 Å². The van der Waals surface area contributed by atoms with E-state index in [-0.39, 0.29) is 51.8 Å². The molecule has 2 heterocycles. The zero-order valence-corrected chi connectivity index (χ0v) is 20.1. The van der Waals surface area contributed by atoms with Crippen LogP contribution in [-0.4, -0.2) is 94.2 Å². The average Bonchev–Trinajstić information content (AvgIpc) is 2.74. The number of rotatable bonds is 8. The minimum Gasteiger partial charge on any atom is -0.444 e. The third-order valence-corrected chi connectivity index (χ3v) is 5.04. The highest BCUT2D eigenvalue weighted by atomic mass is 19.4. The van der Waals surface area contributed by atoms with Gasteiger partial charge in [-0.1, -0.05) is 0 Å². The van der Waals surface area contributed by atoms with Crippen molar-refractivity contribution in [2.45, 2.75) is 58.0 Å². The Kier molecular flexibility index (Phi) is 9.49. The van der Waals surface area contributed by atoms with Crippen LogP contribution in [-0.2, 0) is 20.4 Å². The van der Waals surface area contributed by atoms with Gasteiger partial charge in [0.25, 0.3) is 5.56 Å². The van der Waals surface area contributed by atoms with E-state index in [4.69, 9.17) is 9.47 Å². The number of nitrogens with one attached hydrogen (secondary N) is 2. The maximum atomic E-state index is 13.1. The molecule has 14 heteroatoms.